The highest BCUT2D eigenvalue weighted by Gasteiger charge is 2.10. The van der Waals surface area contributed by atoms with E-state index in [1.807, 2.05) is 0 Å². The molecule has 0 aromatic carbocycles. The Bertz CT molecular complexity index is 211. The van der Waals surface area contributed by atoms with Gasteiger partial charge in [-0.05, 0) is 17.8 Å². The number of ether oxygens (including phenoxy) is 1. The maximum absolute atomic E-state index is 11.1. The summed E-state index contributed by atoms with van der Waals surface area (Å²) in [7, 11) is 1.46. The van der Waals surface area contributed by atoms with E-state index in [-0.39, 0.29) is 5.97 Å². The summed E-state index contributed by atoms with van der Waals surface area (Å²) < 4.78 is 4.68. The van der Waals surface area contributed by atoms with Crippen LogP contribution in [-0.4, -0.2) is 13.1 Å². The van der Waals surface area contributed by atoms with E-state index in [0.29, 0.717) is 12.3 Å². The maximum atomic E-state index is 11.1. The standard InChI is InChI=1S/C16H32O2/c1-13(2)8-6-9-14(3)10-7-11-15(4)12-16(17)18-5/h13-15H,6-12H2,1-5H3/t14-,15-/m1/s1. The first-order chi connectivity index (χ1) is 8.45. The van der Waals surface area contributed by atoms with Gasteiger partial charge in [-0.2, -0.15) is 0 Å². The number of methoxy groups -OCH3 is 1. The van der Waals surface area contributed by atoms with Crippen LogP contribution in [0.1, 0.15) is 72.6 Å². The van der Waals surface area contributed by atoms with Crippen LogP contribution in [0.5, 0.6) is 0 Å². The first kappa shape index (κ1) is 17.5. The van der Waals surface area contributed by atoms with E-state index in [2.05, 4.69) is 32.4 Å². The van der Waals surface area contributed by atoms with Crippen molar-refractivity contribution in [2.45, 2.75) is 72.6 Å². The molecule has 0 aliphatic carbocycles. The Morgan fingerprint density at radius 3 is 1.89 bits per heavy atom. The molecule has 0 rings (SSSR count). The highest BCUT2D eigenvalue weighted by Crippen LogP contribution is 2.20. The van der Waals surface area contributed by atoms with Crippen molar-refractivity contribution in [2.24, 2.45) is 17.8 Å². The molecule has 0 N–H and O–H groups in total. The molecule has 0 amide bonds. The minimum atomic E-state index is -0.0764. The molecule has 0 bridgehead atoms. The number of rotatable bonds is 10. The van der Waals surface area contributed by atoms with E-state index in [1.54, 1.807) is 0 Å². The summed E-state index contributed by atoms with van der Waals surface area (Å²) in [5.41, 5.74) is 0. The fourth-order valence-corrected chi connectivity index (χ4v) is 2.30. The van der Waals surface area contributed by atoms with Crippen LogP contribution in [0.4, 0.5) is 0 Å². The Morgan fingerprint density at radius 1 is 0.889 bits per heavy atom. The minimum Gasteiger partial charge on any atom is -0.469 e. The van der Waals surface area contributed by atoms with Crippen LogP contribution in [0.2, 0.25) is 0 Å². The van der Waals surface area contributed by atoms with Crippen LogP contribution in [0.3, 0.4) is 0 Å². The Hall–Kier alpha value is -0.530. The first-order valence-corrected chi connectivity index (χ1v) is 7.52. The lowest BCUT2D eigenvalue weighted by molar-refractivity contribution is -0.141. The normalized spacial score (nSPS) is 14.6. The zero-order valence-electron chi connectivity index (χ0n) is 13.0. The van der Waals surface area contributed by atoms with Crippen molar-refractivity contribution in [2.75, 3.05) is 7.11 Å². The molecule has 0 aliphatic heterocycles. The fraction of sp³-hybridized carbons (Fsp3) is 0.938. The fourth-order valence-electron chi connectivity index (χ4n) is 2.30. The number of hydrogen-bond donors (Lipinski definition) is 0. The van der Waals surface area contributed by atoms with Crippen LogP contribution < -0.4 is 0 Å². The third kappa shape index (κ3) is 10.6. The summed E-state index contributed by atoms with van der Waals surface area (Å²) in [5.74, 6) is 2.04. The lowest BCUT2D eigenvalue weighted by Gasteiger charge is -2.14. The molecular weight excluding hydrogens is 224 g/mol. The number of carbonyl (C=O) groups is 1. The minimum absolute atomic E-state index is 0.0764. The maximum Gasteiger partial charge on any atom is 0.305 e. The molecule has 0 radical (unpaired) electrons. The monoisotopic (exact) mass is 256 g/mol. The molecule has 2 atom stereocenters. The largest absolute Gasteiger partial charge is 0.469 e. The molecule has 0 unspecified atom stereocenters. The molecule has 0 fully saturated rings. The average molecular weight is 256 g/mol. The number of esters is 1. The van der Waals surface area contributed by atoms with E-state index in [9.17, 15) is 4.79 Å². The topological polar surface area (TPSA) is 26.3 Å². The van der Waals surface area contributed by atoms with Crippen molar-refractivity contribution in [3.05, 3.63) is 0 Å². The summed E-state index contributed by atoms with van der Waals surface area (Å²) in [4.78, 5) is 11.1. The van der Waals surface area contributed by atoms with E-state index >= 15 is 0 Å². The Kier molecular flexibility index (Phi) is 10.1. The van der Waals surface area contributed by atoms with E-state index in [0.717, 1.165) is 18.3 Å². The second-order valence-corrected chi connectivity index (χ2v) is 6.25. The zero-order chi connectivity index (χ0) is 14.0. The van der Waals surface area contributed by atoms with Gasteiger partial charge >= 0.3 is 5.97 Å². The molecular formula is C16H32O2. The molecule has 18 heavy (non-hydrogen) atoms. The van der Waals surface area contributed by atoms with Gasteiger partial charge in [0.05, 0.1) is 7.11 Å². The van der Waals surface area contributed by atoms with Crippen molar-refractivity contribution in [3.63, 3.8) is 0 Å². The molecule has 0 saturated heterocycles. The molecule has 2 heteroatoms. The van der Waals surface area contributed by atoms with Crippen molar-refractivity contribution >= 4 is 5.97 Å². The first-order valence-electron chi connectivity index (χ1n) is 7.52. The van der Waals surface area contributed by atoms with Crippen LogP contribution in [0.15, 0.2) is 0 Å². The van der Waals surface area contributed by atoms with Gasteiger partial charge in [0.2, 0.25) is 0 Å². The summed E-state index contributed by atoms with van der Waals surface area (Å²) in [6, 6.07) is 0. The van der Waals surface area contributed by atoms with Gasteiger partial charge in [0.25, 0.3) is 0 Å². The lowest BCUT2D eigenvalue weighted by atomic mass is 9.93. The smallest absolute Gasteiger partial charge is 0.305 e. The van der Waals surface area contributed by atoms with E-state index < -0.39 is 0 Å². The number of carbonyl (C=O) groups excluding carboxylic acids is 1. The van der Waals surface area contributed by atoms with Gasteiger partial charge in [0, 0.05) is 6.42 Å². The summed E-state index contributed by atoms with van der Waals surface area (Å²) in [6.45, 7) is 9.07. The Labute approximate surface area is 113 Å². The van der Waals surface area contributed by atoms with Gasteiger partial charge in [-0.25, -0.2) is 0 Å². The van der Waals surface area contributed by atoms with Crippen LogP contribution >= 0.6 is 0 Å². The highest BCUT2D eigenvalue weighted by atomic mass is 16.5. The molecule has 108 valence electrons. The predicted octanol–water partition coefficient (Wildman–Crippen LogP) is 4.82. The van der Waals surface area contributed by atoms with Crippen molar-refractivity contribution in [1.82, 2.24) is 0 Å². The summed E-state index contributed by atoms with van der Waals surface area (Å²) >= 11 is 0. The molecule has 0 saturated carbocycles. The van der Waals surface area contributed by atoms with Gasteiger partial charge in [0.1, 0.15) is 0 Å². The zero-order valence-corrected chi connectivity index (χ0v) is 13.0. The Morgan fingerprint density at radius 2 is 1.39 bits per heavy atom. The molecule has 0 spiro atoms. The third-order valence-electron chi connectivity index (χ3n) is 3.62. The SMILES string of the molecule is COC(=O)C[C@H](C)CCC[C@H](C)CCCC(C)C. The van der Waals surface area contributed by atoms with Gasteiger partial charge in [-0.3, -0.25) is 4.79 Å². The van der Waals surface area contributed by atoms with Crippen molar-refractivity contribution < 1.29 is 9.53 Å². The number of hydrogen-bond acceptors (Lipinski definition) is 2. The molecule has 0 heterocycles. The lowest BCUT2D eigenvalue weighted by Crippen LogP contribution is -2.07. The quantitative estimate of drug-likeness (QED) is 0.524. The van der Waals surface area contributed by atoms with Crippen LogP contribution in [0, 0.1) is 17.8 Å². The summed E-state index contributed by atoms with van der Waals surface area (Å²) in [5, 5.41) is 0. The summed E-state index contributed by atoms with van der Waals surface area (Å²) in [6.07, 6.45) is 8.30. The van der Waals surface area contributed by atoms with Crippen molar-refractivity contribution in [1.29, 1.82) is 0 Å². The molecule has 2 nitrogen and oxygen atoms in total. The average Bonchev–Trinajstić information content (AvgIpc) is 2.28. The van der Waals surface area contributed by atoms with Gasteiger partial charge in [-0.15, -0.1) is 0 Å². The van der Waals surface area contributed by atoms with Gasteiger partial charge < -0.3 is 4.74 Å². The molecule has 0 aliphatic rings. The molecule has 0 aromatic rings. The third-order valence-corrected chi connectivity index (χ3v) is 3.62. The predicted molar refractivity (Wildman–Crippen MR) is 77.5 cm³/mol. The second kappa shape index (κ2) is 10.4. The van der Waals surface area contributed by atoms with Crippen LogP contribution in [0.25, 0.3) is 0 Å². The Balaban J connectivity index is 3.49. The van der Waals surface area contributed by atoms with Gasteiger partial charge in [-0.1, -0.05) is 66.2 Å². The van der Waals surface area contributed by atoms with Crippen molar-refractivity contribution in [3.8, 4) is 0 Å². The molecule has 0 aromatic heterocycles. The van der Waals surface area contributed by atoms with E-state index in [1.165, 1.54) is 39.2 Å². The van der Waals surface area contributed by atoms with Gasteiger partial charge in [0.15, 0.2) is 0 Å². The second-order valence-electron chi connectivity index (χ2n) is 6.25. The van der Waals surface area contributed by atoms with Crippen LogP contribution in [-0.2, 0) is 9.53 Å². The van der Waals surface area contributed by atoms with E-state index in [4.69, 9.17) is 0 Å². The highest BCUT2D eigenvalue weighted by molar-refractivity contribution is 5.69.